The van der Waals surface area contributed by atoms with Crippen LogP contribution in [-0.2, 0) is 0 Å². The van der Waals surface area contributed by atoms with Gasteiger partial charge in [0.25, 0.3) is 0 Å². The van der Waals surface area contributed by atoms with Gasteiger partial charge >= 0.3 is 6.03 Å². The number of aliphatic hydroxyl groups excluding tert-OH is 1. The Morgan fingerprint density at radius 3 is 2.89 bits per heavy atom. The highest BCUT2D eigenvalue weighted by atomic mass is 35.5. The molecule has 6 heteroatoms. The Balaban J connectivity index is 2.05. The summed E-state index contributed by atoms with van der Waals surface area (Å²) in [7, 11) is 1.98. The number of amides is 2. The van der Waals surface area contributed by atoms with Crippen molar-refractivity contribution >= 4 is 23.3 Å². The SMILES string of the molecule is CN1CCN(C(=O)Nc2ccccc2Cl)C(CO)C1. The van der Waals surface area contributed by atoms with Gasteiger partial charge in [-0.05, 0) is 19.2 Å². The lowest BCUT2D eigenvalue weighted by Gasteiger charge is -2.39. The lowest BCUT2D eigenvalue weighted by atomic mass is 10.2. The number of benzene rings is 1. The summed E-state index contributed by atoms with van der Waals surface area (Å²) in [5, 5.41) is 12.7. The van der Waals surface area contributed by atoms with Crippen LogP contribution in [0.1, 0.15) is 0 Å². The number of hydrogen-bond donors (Lipinski definition) is 2. The van der Waals surface area contributed by atoms with Crippen molar-refractivity contribution < 1.29 is 9.90 Å². The highest BCUT2D eigenvalue weighted by Gasteiger charge is 2.28. The van der Waals surface area contributed by atoms with Crippen LogP contribution >= 0.6 is 11.6 Å². The summed E-state index contributed by atoms with van der Waals surface area (Å²) in [6.07, 6.45) is 0. The molecule has 1 unspecified atom stereocenters. The number of carbonyl (C=O) groups is 1. The molecule has 0 spiro atoms. The average Bonchev–Trinajstić information content (AvgIpc) is 2.41. The molecule has 0 radical (unpaired) electrons. The van der Waals surface area contributed by atoms with Crippen LogP contribution in [0.2, 0.25) is 5.02 Å². The second kappa shape index (κ2) is 6.23. The fraction of sp³-hybridized carbons (Fsp3) is 0.462. The molecule has 5 nitrogen and oxygen atoms in total. The third kappa shape index (κ3) is 3.37. The number of para-hydroxylation sites is 1. The van der Waals surface area contributed by atoms with E-state index in [0.29, 0.717) is 23.8 Å². The van der Waals surface area contributed by atoms with Crippen molar-refractivity contribution in [3.05, 3.63) is 29.3 Å². The first kappa shape index (κ1) is 14.1. The fourth-order valence-electron chi connectivity index (χ4n) is 2.18. The molecule has 0 bridgehead atoms. The number of carbonyl (C=O) groups excluding carboxylic acids is 1. The van der Waals surface area contributed by atoms with Gasteiger partial charge in [-0.15, -0.1) is 0 Å². The number of hydrogen-bond acceptors (Lipinski definition) is 3. The van der Waals surface area contributed by atoms with E-state index in [-0.39, 0.29) is 18.7 Å². The van der Waals surface area contributed by atoms with E-state index in [2.05, 4.69) is 10.2 Å². The maximum atomic E-state index is 12.2. The van der Waals surface area contributed by atoms with E-state index in [9.17, 15) is 9.90 Å². The number of urea groups is 1. The number of rotatable bonds is 2. The summed E-state index contributed by atoms with van der Waals surface area (Å²) in [4.78, 5) is 16.0. The van der Waals surface area contributed by atoms with E-state index in [1.165, 1.54) is 0 Å². The monoisotopic (exact) mass is 283 g/mol. The molecule has 0 aromatic heterocycles. The van der Waals surface area contributed by atoms with Crippen LogP contribution in [0, 0.1) is 0 Å². The van der Waals surface area contributed by atoms with Gasteiger partial charge in [-0.25, -0.2) is 4.79 Å². The van der Waals surface area contributed by atoms with E-state index in [4.69, 9.17) is 11.6 Å². The molecule has 0 saturated carbocycles. The Kier molecular flexibility index (Phi) is 4.63. The van der Waals surface area contributed by atoms with Crippen LogP contribution in [0.3, 0.4) is 0 Å². The van der Waals surface area contributed by atoms with Crippen molar-refractivity contribution in [1.82, 2.24) is 9.80 Å². The largest absolute Gasteiger partial charge is 0.394 e. The topological polar surface area (TPSA) is 55.8 Å². The third-order valence-corrected chi connectivity index (χ3v) is 3.60. The molecule has 1 fully saturated rings. The predicted molar refractivity (Wildman–Crippen MR) is 75.5 cm³/mol. The minimum atomic E-state index is -0.222. The average molecular weight is 284 g/mol. The normalized spacial score (nSPS) is 20.4. The van der Waals surface area contributed by atoms with E-state index in [1.807, 2.05) is 19.2 Å². The molecule has 1 heterocycles. The van der Waals surface area contributed by atoms with Gasteiger partial charge in [0.05, 0.1) is 23.4 Å². The number of anilines is 1. The van der Waals surface area contributed by atoms with Crippen molar-refractivity contribution in [1.29, 1.82) is 0 Å². The van der Waals surface area contributed by atoms with E-state index >= 15 is 0 Å². The Morgan fingerprint density at radius 1 is 1.47 bits per heavy atom. The van der Waals surface area contributed by atoms with Crippen molar-refractivity contribution in [2.45, 2.75) is 6.04 Å². The van der Waals surface area contributed by atoms with Gasteiger partial charge in [-0.3, -0.25) is 0 Å². The molecule has 1 aromatic rings. The smallest absolute Gasteiger partial charge is 0.322 e. The molecule has 1 atom stereocenters. The Bertz CT molecular complexity index is 455. The van der Waals surface area contributed by atoms with Crippen molar-refractivity contribution in [3.63, 3.8) is 0 Å². The minimum Gasteiger partial charge on any atom is -0.394 e. The zero-order chi connectivity index (χ0) is 13.8. The van der Waals surface area contributed by atoms with E-state index < -0.39 is 0 Å². The molecule has 2 rings (SSSR count). The molecule has 1 aliphatic rings. The van der Waals surface area contributed by atoms with Gasteiger partial charge < -0.3 is 20.2 Å². The first-order valence-electron chi connectivity index (χ1n) is 6.23. The van der Waals surface area contributed by atoms with Crippen LogP contribution in [0.25, 0.3) is 0 Å². The van der Waals surface area contributed by atoms with Crippen LogP contribution < -0.4 is 5.32 Å². The van der Waals surface area contributed by atoms with Crippen molar-refractivity contribution in [2.24, 2.45) is 0 Å². The molecular weight excluding hydrogens is 266 g/mol. The van der Waals surface area contributed by atoms with Crippen LogP contribution in [0.15, 0.2) is 24.3 Å². The van der Waals surface area contributed by atoms with Crippen LogP contribution in [0.4, 0.5) is 10.5 Å². The number of nitrogens with one attached hydrogen (secondary N) is 1. The first-order chi connectivity index (χ1) is 9.11. The summed E-state index contributed by atoms with van der Waals surface area (Å²) >= 11 is 6.01. The number of aliphatic hydroxyl groups is 1. The number of piperazine rings is 1. The maximum Gasteiger partial charge on any atom is 0.322 e. The fourth-order valence-corrected chi connectivity index (χ4v) is 2.37. The number of halogens is 1. The van der Waals surface area contributed by atoms with Gasteiger partial charge in [0.1, 0.15) is 0 Å². The summed E-state index contributed by atoms with van der Waals surface area (Å²) in [5.74, 6) is 0. The van der Waals surface area contributed by atoms with Crippen LogP contribution in [-0.4, -0.2) is 60.3 Å². The molecule has 1 aromatic carbocycles. The van der Waals surface area contributed by atoms with Gasteiger partial charge in [0, 0.05) is 19.6 Å². The van der Waals surface area contributed by atoms with Crippen molar-refractivity contribution in [3.8, 4) is 0 Å². The predicted octanol–water partition coefficient (Wildman–Crippen LogP) is 1.48. The molecule has 19 heavy (non-hydrogen) atoms. The number of likely N-dealkylation sites (N-methyl/N-ethyl adjacent to an activating group) is 1. The van der Waals surface area contributed by atoms with Crippen molar-refractivity contribution in [2.75, 3.05) is 38.6 Å². The second-order valence-electron chi connectivity index (χ2n) is 4.70. The third-order valence-electron chi connectivity index (χ3n) is 3.27. The molecule has 1 saturated heterocycles. The zero-order valence-corrected chi connectivity index (χ0v) is 11.6. The van der Waals surface area contributed by atoms with Gasteiger partial charge in [-0.2, -0.15) is 0 Å². The molecule has 104 valence electrons. The maximum absolute atomic E-state index is 12.2. The first-order valence-corrected chi connectivity index (χ1v) is 6.61. The van der Waals surface area contributed by atoms with Gasteiger partial charge in [0.2, 0.25) is 0 Å². The Labute approximate surface area is 117 Å². The molecule has 1 aliphatic heterocycles. The van der Waals surface area contributed by atoms with E-state index in [1.54, 1.807) is 17.0 Å². The quantitative estimate of drug-likeness (QED) is 0.864. The lowest BCUT2D eigenvalue weighted by Crippen LogP contribution is -2.56. The molecule has 0 aliphatic carbocycles. The molecule has 2 N–H and O–H groups in total. The lowest BCUT2D eigenvalue weighted by molar-refractivity contribution is 0.0777. The summed E-state index contributed by atoms with van der Waals surface area (Å²) in [6, 6.07) is 6.70. The highest BCUT2D eigenvalue weighted by Crippen LogP contribution is 2.21. The van der Waals surface area contributed by atoms with Crippen LogP contribution in [0.5, 0.6) is 0 Å². The summed E-state index contributed by atoms with van der Waals surface area (Å²) in [5.41, 5.74) is 0.588. The van der Waals surface area contributed by atoms with E-state index in [0.717, 1.165) is 6.54 Å². The highest BCUT2D eigenvalue weighted by molar-refractivity contribution is 6.33. The summed E-state index contributed by atoms with van der Waals surface area (Å²) < 4.78 is 0. The molecular formula is C13H18ClN3O2. The van der Waals surface area contributed by atoms with Gasteiger partial charge in [-0.1, -0.05) is 23.7 Å². The van der Waals surface area contributed by atoms with Gasteiger partial charge in [0.15, 0.2) is 0 Å². The number of nitrogens with zero attached hydrogens (tertiary/aromatic N) is 2. The Hall–Kier alpha value is -1.30. The second-order valence-corrected chi connectivity index (χ2v) is 5.11. The summed E-state index contributed by atoms with van der Waals surface area (Å²) in [6.45, 7) is 2.02. The zero-order valence-electron chi connectivity index (χ0n) is 10.8. The molecule has 2 amide bonds. The Morgan fingerprint density at radius 2 is 2.21 bits per heavy atom. The minimum absolute atomic E-state index is 0.0414. The standard InChI is InChI=1S/C13H18ClN3O2/c1-16-6-7-17(10(8-16)9-18)13(19)15-12-5-3-2-4-11(12)14/h2-5,10,18H,6-9H2,1H3,(H,15,19).